The Morgan fingerprint density at radius 2 is 2.00 bits per heavy atom. The van der Waals surface area contributed by atoms with Gasteiger partial charge >= 0.3 is 0 Å². The fraction of sp³-hybridized carbons (Fsp3) is 0.217. The van der Waals surface area contributed by atoms with Gasteiger partial charge in [0.25, 0.3) is 0 Å². The molecule has 4 aromatic rings. The highest BCUT2D eigenvalue weighted by Crippen LogP contribution is 2.35. The number of benzene rings is 2. The molecule has 0 saturated carbocycles. The predicted octanol–water partition coefficient (Wildman–Crippen LogP) is 5.46. The molecule has 2 aromatic carbocycles. The van der Waals surface area contributed by atoms with Crippen LogP contribution in [0.25, 0.3) is 22.2 Å². The lowest BCUT2D eigenvalue weighted by Gasteiger charge is -2.08. The van der Waals surface area contributed by atoms with E-state index in [4.69, 9.17) is 13.9 Å². The average molecular weight is 438 g/mol. The zero-order valence-corrected chi connectivity index (χ0v) is 17.6. The van der Waals surface area contributed by atoms with Crippen LogP contribution in [0, 0.1) is 12.7 Å². The Kier molecular flexibility index (Phi) is 5.07. The number of anilines is 1. The van der Waals surface area contributed by atoms with Gasteiger partial charge in [0.2, 0.25) is 5.78 Å². The molecule has 1 N–H and O–H groups in total. The molecule has 0 atom stereocenters. The zero-order valence-electron chi connectivity index (χ0n) is 16.7. The molecule has 5 rings (SSSR count). The van der Waals surface area contributed by atoms with Gasteiger partial charge in [0.15, 0.2) is 22.4 Å². The SMILES string of the molecule is Cc1c(C(=O)CNc2nc(-c3ccc4c(c3)OCCCO4)cs2)oc2ccc(F)cc12. The summed E-state index contributed by atoms with van der Waals surface area (Å²) in [7, 11) is 0. The van der Waals surface area contributed by atoms with Crippen molar-refractivity contribution in [2.45, 2.75) is 13.3 Å². The number of aryl methyl sites for hydroxylation is 1. The molecule has 158 valence electrons. The second kappa shape index (κ2) is 8.03. The number of hydrogen-bond donors (Lipinski definition) is 1. The van der Waals surface area contributed by atoms with E-state index in [0.29, 0.717) is 40.6 Å². The summed E-state index contributed by atoms with van der Waals surface area (Å²) in [6, 6.07) is 9.97. The van der Waals surface area contributed by atoms with Gasteiger partial charge in [-0.3, -0.25) is 4.79 Å². The Bertz CT molecular complexity index is 1280. The Morgan fingerprint density at radius 1 is 1.16 bits per heavy atom. The highest BCUT2D eigenvalue weighted by Gasteiger charge is 2.19. The van der Waals surface area contributed by atoms with Crippen LogP contribution in [0.3, 0.4) is 0 Å². The maximum atomic E-state index is 13.5. The smallest absolute Gasteiger partial charge is 0.217 e. The van der Waals surface area contributed by atoms with Crippen LogP contribution in [0.1, 0.15) is 22.5 Å². The van der Waals surface area contributed by atoms with E-state index in [2.05, 4.69) is 10.3 Å². The van der Waals surface area contributed by atoms with Crippen LogP contribution >= 0.6 is 11.3 Å². The summed E-state index contributed by atoms with van der Waals surface area (Å²) in [5.41, 5.74) is 2.82. The summed E-state index contributed by atoms with van der Waals surface area (Å²) < 4.78 is 30.5. The highest BCUT2D eigenvalue weighted by molar-refractivity contribution is 7.14. The maximum Gasteiger partial charge on any atom is 0.217 e. The number of hydrogen-bond acceptors (Lipinski definition) is 7. The number of nitrogens with one attached hydrogen (secondary N) is 1. The van der Waals surface area contributed by atoms with Crippen molar-refractivity contribution >= 4 is 33.2 Å². The van der Waals surface area contributed by atoms with E-state index >= 15 is 0 Å². The molecule has 0 amide bonds. The quantitative estimate of drug-likeness (QED) is 0.417. The van der Waals surface area contributed by atoms with Crippen molar-refractivity contribution in [2.24, 2.45) is 0 Å². The Labute approximate surface area is 181 Å². The third kappa shape index (κ3) is 3.86. The molecule has 1 aliphatic heterocycles. The van der Waals surface area contributed by atoms with Crippen molar-refractivity contribution in [3.63, 3.8) is 0 Å². The summed E-state index contributed by atoms with van der Waals surface area (Å²) in [5, 5.41) is 6.20. The number of Topliss-reactive ketones (excluding diaryl/α,β-unsaturated/α-hetero) is 1. The van der Waals surface area contributed by atoms with Crippen LogP contribution in [0.5, 0.6) is 11.5 Å². The van der Waals surface area contributed by atoms with Gasteiger partial charge in [-0.25, -0.2) is 9.37 Å². The van der Waals surface area contributed by atoms with E-state index in [9.17, 15) is 9.18 Å². The molecule has 2 aromatic heterocycles. The number of carbonyl (C=O) groups is 1. The van der Waals surface area contributed by atoms with Gasteiger partial charge in [-0.05, 0) is 43.3 Å². The molecular weight excluding hydrogens is 419 g/mol. The van der Waals surface area contributed by atoms with Gasteiger partial charge in [-0.1, -0.05) is 0 Å². The first kappa shape index (κ1) is 19.6. The van der Waals surface area contributed by atoms with E-state index in [-0.39, 0.29) is 23.9 Å². The van der Waals surface area contributed by atoms with E-state index in [0.717, 1.165) is 23.4 Å². The molecule has 0 radical (unpaired) electrons. The van der Waals surface area contributed by atoms with Crippen molar-refractivity contribution in [1.82, 2.24) is 4.98 Å². The third-order valence-electron chi connectivity index (χ3n) is 5.10. The van der Waals surface area contributed by atoms with Gasteiger partial charge in [0.05, 0.1) is 25.5 Å². The molecule has 0 spiro atoms. The van der Waals surface area contributed by atoms with E-state index < -0.39 is 0 Å². The summed E-state index contributed by atoms with van der Waals surface area (Å²) in [5.74, 6) is 1.10. The molecule has 0 fully saturated rings. The number of carbonyl (C=O) groups excluding carboxylic acids is 1. The largest absolute Gasteiger partial charge is 0.490 e. The van der Waals surface area contributed by atoms with Crippen molar-refractivity contribution in [2.75, 3.05) is 25.1 Å². The van der Waals surface area contributed by atoms with Crippen LogP contribution in [0.2, 0.25) is 0 Å². The maximum absolute atomic E-state index is 13.5. The number of aromatic nitrogens is 1. The lowest BCUT2D eigenvalue weighted by Crippen LogP contribution is -2.14. The van der Waals surface area contributed by atoms with Gasteiger partial charge in [0.1, 0.15) is 11.4 Å². The van der Waals surface area contributed by atoms with Crippen molar-refractivity contribution < 1.29 is 23.1 Å². The van der Waals surface area contributed by atoms with Crippen LogP contribution in [0.4, 0.5) is 9.52 Å². The minimum Gasteiger partial charge on any atom is -0.490 e. The monoisotopic (exact) mass is 438 g/mol. The first-order chi connectivity index (χ1) is 15.1. The second-order valence-electron chi connectivity index (χ2n) is 7.22. The van der Waals surface area contributed by atoms with E-state index in [1.165, 1.54) is 29.5 Å². The van der Waals surface area contributed by atoms with Crippen LogP contribution in [-0.2, 0) is 0 Å². The van der Waals surface area contributed by atoms with Gasteiger partial charge < -0.3 is 19.2 Å². The van der Waals surface area contributed by atoms with Crippen molar-refractivity contribution in [3.05, 3.63) is 58.9 Å². The van der Waals surface area contributed by atoms with Crippen LogP contribution in [0.15, 0.2) is 46.2 Å². The van der Waals surface area contributed by atoms with Crippen LogP contribution in [-0.4, -0.2) is 30.5 Å². The normalized spacial score (nSPS) is 13.2. The molecule has 3 heterocycles. The minimum atomic E-state index is -0.362. The Balaban J connectivity index is 1.30. The summed E-state index contributed by atoms with van der Waals surface area (Å²) >= 11 is 1.41. The average Bonchev–Trinajstić information content (AvgIpc) is 3.29. The second-order valence-corrected chi connectivity index (χ2v) is 8.08. The minimum absolute atomic E-state index is 0.0250. The van der Waals surface area contributed by atoms with E-state index in [1.54, 1.807) is 6.92 Å². The number of thiazole rings is 1. The van der Waals surface area contributed by atoms with Crippen molar-refractivity contribution in [3.8, 4) is 22.8 Å². The number of fused-ring (bicyclic) bond motifs is 2. The van der Waals surface area contributed by atoms with Gasteiger partial charge in [-0.2, -0.15) is 0 Å². The van der Waals surface area contributed by atoms with Crippen molar-refractivity contribution in [1.29, 1.82) is 0 Å². The lowest BCUT2D eigenvalue weighted by molar-refractivity contribution is 0.0981. The molecule has 0 aliphatic carbocycles. The number of ether oxygens (including phenoxy) is 2. The Hall–Kier alpha value is -3.39. The number of furan rings is 1. The highest BCUT2D eigenvalue weighted by atomic mass is 32.1. The fourth-order valence-electron chi connectivity index (χ4n) is 3.51. The molecular formula is C23H19FN2O4S. The molecule has 0 unspecified atom stereocenters. The van der Waals surface area contributed by atoms with Crippen LogP contribution < -0.4 is 14.8 Å². The molecule has 31 heavy (non-hydrogen) atoms. The molecule has 0 bridgehead atoms. The van der Waals surface area contributed by atoms with Gasteiger partial charge in [0, 0.05) is 28.3 Å². The fourth-order valence-corrected chi connectivity index (χ4v) is 4.22. The molecule has 8 heteroatoms. The Morgan fingerprint density at radius 3 is 2.87 bits per heavy atom. The standard InChI is InChI=1S/C23H19FN2O4S/c1-13-16-10-15(24)4-6-19(16)30-22(13)18(27)11-25-23-26-17(12-31-23)14-3-5-20-21(9-14)29-8-2-7-28-20/h3-6,9-10,12H,2,7-8,11H2,1H3,(H,25,26). The van der Waals surface area contributed by atoms with E-state index in [1.807, 2.05) is 23.6 Å². The number of nitrogens with zero attached hydrogens (tertiary/aromatic N) is 1. The topological polar surface area (TPSA) is 73.6 Å². The predicted molar refractivity (Wildman–Crippen MR) is 117 cm³/mol. The summed E-state index contributed by atoms with van der Waals surface area (Å²) in [4.78, 5) is 17.2. The molecule has 0 saturated heterocycles. The molecule has 6 nitrogen and oxygen atoms in total. The number of ketones is 1. The zero-order chi connectivity index (χ0) is 21.4. The number of halogens is 1. The first-order valence-corrected chi connectivity index (χ1v) is 10.8. The molecule has 1 aliphatic rings. The summed E-state index contributed by atoms with van der Waals surface area (Å²) in [6.07, 6.45) is 0.850. The van der Waals surface area contributed by atoms with Gasteiger partial charge in [-0.15, -0.1) is 11.3 Å². The first-order valence-electron chi connectivity index (χ1n) is 9.90. The third-order valence-corrected chi connectivity index (χ3v) is 5.90. The number of rotatable bonds is 5. The lowest BCUT2D eigenvalue weighted by atomic mass is 10.1. The summed E-state index contributed by atoms with van der Waals surface area (Å²) in [6.45, 7) is 3.04.